The van der Waals surface area contributed by atoms with Gasteiger partial charge in [-0.1, -0.05) is 41.9 Å². The van der Waals surface area contributed by atoms with Gasteiger partial charge in [-0.25, -0.2) is 4.79 Å². The molecule has 0 saturated carbocycles. The molecule has 22 heavy (non-hydrogen) atoms. The number of carbonyl (C=O) groups is 1. The summed E-state index contributed by atoms with van der Waals surface area (Å²) in [6, 6.07) is 14.0. The standard InChI is InChI=1S/C17H17ClN2O2/c18-16-4-2-1-3-14(16)10-12-20-17(22)19-11-9-13-5-7-15(21)8-6-13/h1-8,10,12,21H,9,11H2,(H2,19,20,22)/b12-10+. The predicted molar refractivity (Wildman–Crippen MR) is 88.8 cm³/mol. The molecule has 114 valence electrons. The van der Waals surface area contributed by atoms with Crippen LogP contribution in [0.25, 0.3) is 6.08 Å². The number of benzene rings is 2. The van der Waals surface area contributed by atoms with Crippen LogP contribution in [0.1, 0.15) is 11.1 Å². The van der Waals surface area contributed by atoms with E-state index in [1.165, 1.54) is 0 Å². The van der Waals surface area contributed by atoms with Crippen molar-refractivity contribution in [2.24, 2.45) is 0 Å². The largest absolute Gasteiger partial charge is 0.508 e. The van der Waals surface area contributed by atoms with Gasteiger partial charge in [0.2, 0.25) is 0 Å². The maximum absolute atomic E-state index is 11.6. The number of phenols is 1. The van der Waals surface area contributed by atoms with Crippen LogP contribution in [-0.4, -0.2) is 17.7 Å². The summed E-state index contributed by atoms with van der Waals surface area (Å²) in [6.07, 6.45) is 3.99. The van der Waals surface area contributed by atoms with Crippen molar-refractivity contribution >= 4 is 23.7 Å². The molecule has 5 heteroatoms. The monoisotopic (exact) mass is 316 g/mol. The van der Waals surface area contributed by atoms with E-state index >= 15 is 0 Å². The molecule has 4 nitrogen and oxygen atoms in total. The molecule has 0 aromatic heterocycles. The van der Waals surface area contributed by atoms with E-state index in [-0.39, 0.29) is 11.8 Å². The fourth-order valence-electron chi connectivity index (χ4n) is 1.85. The molecule has 0 fully saturated rings. The zero-order valence-corrected chi connectivity index (χ0v) is 12.7. The van der Waals surface area contributed by atoms with Crippen LogP contribution in [0, 0.1) is 0 Å². The average molecular weight is 317 g/mol. The Bertz CT molecular complexity index is 654. The highest BCUT2D eigenvalue weighted by Crippen LogP contribution is 2.15. The van der Waals surface area contributed by atoms with Gasteiger partial charge in [-0.2, -0.15) is 0 Å². The Balaban J connectivity index is 1.72. The highest BCUT2D eigenvalue weighted by atomic mass is 35.5. The summed E-state index contributed by atoms with van der Waals surface area (Å²) in [5.41, 5.74) is 1.89. The summed E-state index contributed by atoms with van der Waals surface area (Å²) in [5, 5.41) is 15.2. The number of urea groups is 1. The minimum Gasteiger partial charge on any atom is -0.508 e. The van der Waals surface area contributed by atoms with E-state index in [1.807, 2.05) is 30.3 Å². The summed E-state index contributed by atoms with van der Waals surface area (Å²) in [6.45, 7) is 0.510. The van der Waals surface area contributed by atoms with Crippen LogP contribution in [-0.2, 0) is 6.42 Å². The van der Waals surface area contributed by atoms with Gasteiger partial charge in [0.25, 0.3) is 0 Å². The molecule has 0 radical (unpaired) electrons. The number of hydrogen-bond acceptors (Lipinski definition) is 2. The molecule has 2 aromatic carbocycles. The van der Waals surface area contributed by atoms with Crippen LogP contribution >= 0.6 is 11.6 Å². The molecule has 0 saturated heterocycles. The third kappa shape index (κ3) is 5.14. The number of amides is 2. The molecule has 0 atom stereocenters. The zero-order chi connectivity index (χ0) is 15.8. The lowest BCUT2D eigenvalue weighted by molar-refractivity contribution is 0.244. The first kappa shape index (κ1) is 15.9. The number of aromatic hydroxyl groups is 1. The Morgan fingerprint density at radius 2 is 1.86 bits per heavy atom. The summed E-state index contributed by atoms with van der Waals surface area (Å²) < 4.78 is 0. The van der Waals surface area contributed by atoms with Crippen molar-refractivity contribution in [1.82, 2.24) is 10.6 Å². The van der Waals surface area contributed by atoms with Crippen LogP contribution in [0.5, 0.6) is 5.75 Å². The third-order valence-corrected chi connectivity index (χ3v) is 3.36. The first-order chi connectivity index (χ1) is 10.6. The molecule has 0 spiro atoms. The highest BCUT2D eigenvalue weighted by Gasteiger charge is 1.98. The van der Waals surface area contributed by atoms with Crippen LogP contribution in [0.2, 0.25) is 5.02 Å². The van der Waals surface area contributed by atoms with Crippen LogP contribution in [0.3, 0.4) is 0 Å². The van der Waals surface area contributed by atoms with Gasteiger partial charge in [0.1, 0.15) is 5.75 Å². The lowest BCUT2D eigenvalue weighted by Gasteiger charge is -2.05. The molecular weight excluding hydrogens is 300 g/mol. The van der Waals surface area contributed by atoms with Crippen LogP contribution in [0.15, 0.2) is 54.7 Å². The molecule has 0 aliphatic carbocycles. The molecule has 3 N–H and O–H groups in total. The first-order valence-corrected chi connectivity index (χ1v) is 7.26. The van der Waals surface area contributed by atoms with Gasteiger partial charge in [-0.3, -0.25) is 0 Å². The van der Waals surface area contributed by atoms with Crippen molar-refractivity contribution in [2.75, 3.05) is 6.54 Å². The molecule has 0 heterocycles. The van der Waals surface area contributed by atoms with Gasteiger partial charge in [0.05, 0.1) is 0 Å². The molecule has 0 aliphatic heterocycles. The van der Waals surface area contributed by atoms with E-state index in [9.17, 15) is 9.90 Å². The van der Waals surface area contributed by atoms with E-state index in [0.717, 1.165) is 11.1 Å². The number of nitrogens with one attached hydrogen (secondary N) is 2. The summed E-state index contributed by atoms with van der Waals surface area (Å²) in [7, 11) is 0. The van der Waals surface area contributed by atoms with Gasteiger partial charge in [-0.05, 0) is 41.8 Å². The van der Waals surface area contributed by atoms with E-state index in [2.05, 4.69) is 10.6 Å². The number of hydrogen-bond donors (Lipinski definition) is 3. The molecular formula is C17H17ClN2O2. The van der Waals surface area contributed by atoms with Gasteiger partial charge < -0.3 is 15.7 Å². The third-order valence-electron chi connectivity index (χ3n) is 3.02. The minimum atomic E-state index is -0.276. The minimum absolute atomic E-state index is 0.235. The highest BCUT2D eigenvalue weighted by molar-refractivity contribution is 6.32. The second-order valence-electron chi connectivity index (χ2n) is 4.67. The smallest absolute Gasteiger partial charge is 0.318 e. The SMILES string of the molecule is O=C(N/C=C/c1ccccc1Cl)NCCc1ccc(O)cc1. The number of rotatable bonds is 5. The lowest BCUT2D eigenvalue weighted by atomic mass is 10.1. The maximum atomic E-state index is 11.6. The van der Waals surface area contributed by atoms with Gasteiger partial charge in [0, 0.05) is 17.8 Å². The fourth-order valence-corrected chi connectivity index (χ4v) is 2.05. The Labute approximate surface area is 134 Å². The van der Waals surface area contributed by atoms with Crippen molar-refractivity contribution in [2.45, 2.75) is 6.42 Å². The first-order valence-electron chi connectivity index (χ1n) is 6.88. The predicted octanol–water partition coefficient (Wildman–Crippen LogP) is 3.56. The molecule has 0 aliphatic rings. The average Bonchev–Trinajstić information content (AvgIpc) is 2.51. The Morgan fingerprint density at radius 1 is 1.14 bits per heavy atom. The van der Waals surface area contributed by atoms with Crippen molar-refractivity contribution < 1.29 is 9.90 Å². The number of carbonyl (C=O) groups excluding carboxylic acids is 1. The molecule has 2 amide bonds. The Hall–Kier alpha value is -2.46. The summed E-state index contributed by atoms with van der Waals surface area (Å²) in [4.78, 5) is 11.6. The fraction of sp³-hybridized carbons (Fsp3) is 0.118. The zero-order valence-electron chi connectivity index (χ0n) is 11.9. The summed E-state index contributed by atoms with van der Waals surface area (Å²) >= 11 is 6.00. The van der Waals surface area contributed by atoms with Crippen molar-refractivity contribution in [3.8, 4) is 5.75 Å². The van der Waals surface area contributed by atoms with Crippen molar-refractivity contribution in [3.05, 3.63) is 70.9 Å². The van der Waals surface area contributed by atoms with Gasteiger partial charge in [0.15, 0.2) is 0 Å². The molecule has 0 bridgehead atoms. The summed E-state index contributed by atoms with van der Waals surface area (Å²) in [5.74, 6) is 0.235. The molecule has 2 aromatic rings. The number of halogens is 1. The maximum Gasteiger partial charge on any atom is 0.318 e. The van der Waals surface area contributed by atoms with E-state index in [4.69, 9.17) is 11.6 Å². The lowest BCUT2D eigenvalue weighted by Crippen LogP contribution is -2.33. The van der Waals surface area contributed by atoms with Crippen molar-refractivity contribution in [3.63, 3.8) is 0 Å². The number of phenolic OH excluding ortho intramolecular Hbond substituents is 1. The second kappa shape index (κ2) is 8.10. The van der Waals surface area contributed by atoms with Gasteiger partial charge in [-0.15, -0.1) is 0 Å². The van der Waals surface area contributed by atoms with Crippen LogP contribution < -0.4 is 10.6 Å². The Morgan fingerprint density at radius 3 is 2.59 bits per heavy atom. The van der Waals surface area contributed by atoms with E-state index < -0.39 is 0 Å². The van der Waals surface area contributed by atoms with E-state index in [0.29, 0.717) is 18.0 Å². The normalized spacial score (nSPS) is 10.6. The van der Waals surface area contributed by atoms with E-state index in [1.54, 1.807) is 30.5 Å². The molecule has 2 rings (SSSR count). The molecule has 0 unspecified atom stereocenters. The quantitative estimate of drug-likeness (QED) is 0.790. The van der Waals surface area contributed by atoms with Gasteiger partial charge >= 0.3 is 6.03 Å². The van der Waals surface area contributed by atoms with Crippen LogP contribution in [0.4, 0.5) is 4.79 Å². The Kier molecular flexibility index (Phi) is 5.86. The van der Waals surface area contributed by atoms with Crippen molar-refractivity contribution in [1.29, 1.82) is 0 Å². The topological polar surface area (TPSA) is 61.4 Å². The second-order valence-corrected chi connectivity index (χ2v) is 5.08.